The molecule has 2 heteroatoms. The van der Waals surface area contributed by atoms with E-state index in [-0.39, 0.29) is 17.4 Å². The molecule has 104 valence electrons. The summed E-state index contributed by atoms with van der Waals surface area (Å²) in [6, 6.07) is 9.47. The van der Waals surface area contributed by atoms with Gasteiger partial charge in [0.05, 0.1) is 6.04 Å². The van der Waals surface area contributed by atoms with Gasteiger partial charge in [0, 0.05) is 5.56 Å². The number of rotatable bonds is 4. The van der Waals surface area contributed by atoms with Crippen molar-refractivity contribution in [2.45, 2.75) is 47.1 Å². The second kappa shape index (κ2) is 6.55. The van der Waals surface area contributed by atoms with Crippen LogP contribution in [0.25, 0.3) is 0 Å². The van der Waals surface area contributed by atoms with Gasteiger partial charge in [0.2, 0.25) is 0 Å². The highest BCUT2D eigenvalue weighted by Gasteiger charge is 2.21. The molecule has 0 saturated heterocycles. The third kappa shape index (κ3) is 5.29. The zero-order valence-corrected chi connectivity index (χ0v) is 12.7. The van der Waals surface area contributed by atoms with Crippen molar-refractivity contribution in [3.05, 3.63) is 47.5 Å². The lowest BCUT2D eigenvalue weighted by atomic mass is 9.85. The lowest BCUT2D eigenvalue weighted by Crippen LogP contribution is -2.38. The summed E-state index contributed by atoms with van der Waals surface area (Å²) in [5.41, 5.74) is 2.10. The predicted octanol–water partition coefficient (Wildman–Crippen LogP) is 4.19. The highest BCUT2D eigenvalue weighted by molar-refractivity contribution is 5.94. The maximum Gasteiger partial charge on any atom is 0.251 e. The van der Waals surface area contributed by atoms with Crippen molar-refractivity contribution in [3.8, 4) is 0 Å². The van der Waals surface area contributed by atoms with Crippen molar-refractivity contribution in [2.24, 2.45) is 5.41 Å². The van der Waals surface area contributed by atoms with E-state index in [1.54, 1.807) is 0 Å². The number of carbonyl (C=O) groups excluding carboxylic acids is 1. The summed E-state index contributed by atoms with van der Waals surface area (Å²) in [5, 5.41) is 3.13. The molecule has 1 aromatic carbocycles. The number of amides is 1. The van der Waals surface area contributed by atoms with Gasteiger partial charge in [-0.05, 0) is 37.8 Å². The summed E-state index contributed by atoms with van der Waals surface area (Å²) < 4.78 is 0. The van der Waals surface area contributed by atoms with Crippen molar-refractivity contribution in [1.82, 2.24) is 5.32 Å². The Hall–Kier alpha value is -1.57. The maximum atomic E-state index is 12.2. The fourth-order valence-corrected chi connectivity index (χ4v) is 1.97. The summed E-state index contributed by atoms with van der Waals surface area (Å²) in [6.07, 6.45) is 3.00. The molecule has 2 nitrogen and oxygen atoms in total. The van der Waals surface area contributed by atoms with Gasteiger partial charge in [-0.15, -0.1) is 0 Å². The fourth-order valence-electron chi connectivity index (χ4n) is 1.97. The SMILES string of the molecule is C/C=C(\C)[C@@H](CC(C)(C)C)NC(=O)c1ccccc1. The van der Waals surface area contributed by atoms with E-state index in [0.717, 1.165) is 6.42 Å². The van der Waals surface area contributed by atoms with Gasteiger partial charge in [0.25, 0.3) is 5.91 Å². The first-order valence-electron chi connectivity index (χ1n) is 6.82. The fraction of sp³-hybridized carbons (Fsp3) is 0.471. The summed E-state index contributed by atoms with van der Waals surface area (Å²) >= 11 is 0. The third-order valence-electron chi connectivity index (χ3n) is 3.16. The molecule has 1 amide bonds. The van der Waals surface area contributed by atoms with E-state index in [4.69, 9.17) is 0 Å². The predicted molar refractivity (Wildman–Crippen MR) is 81.2 cm³/mol. The van der Waals surface area contributed by atoms with Gasteiger partial charge in [0.1, 0.15) is 0 Å². The average molecular weight is 259 g/mol. The van der Waals surface area contributed by atoms with Crippen LogP contribution in [-0.2, 0) is 0 Å². The largest absolute Gasteiger partial charge is 0.346 e. The van der Waals surface area contributed by atoms with Crippen LogP contribution in [-0.4, -0.2) is 11.9 Å². The van der Waals surface area contributed by atoms with Crippen molar-refractivity contribution in [3.63, 3.8) is 0 Å². The van der Waals surface area contributed by atoms with Crippen LogP contribution < -0.4 is 5.32 Å². The summed E-state index contributed by atoms with van der Waals surface area (Å²) in [5.74, 6) is -0.00366. The second-order valence-corrected chi connectivity index (χ2v) is 6.19. The van der Waals surface area contributed by atoms with Gasteiger partial charge in [-0.3, -0.25) is 4.79 Å². The van der Waals surface area contributed by atoms with E-state index in [0.29, 0.717) is 5.56 Å². The zero-order valence-electron chi connectivity index (χ0n) is 12.7. The lowest BCUT2D eigenvalue weighted by Gasteiger charge is -2.27. The van der Waals surface area contributed by atoms with Gasteiger partial charge < -0.3 is 5.32 Å². The molecule has 1 rings (SSSR count). The highest BCUT2D eigenvalue weighted by atomic mass is 16.1. The Morgan fingerprint density at radius 1 is 1.26 bits per heavy atom. The zero-order chi connectivity index (χ0) is 14.5. The molecule has 1 atom stereocenters. The molecule has 0 saturated carbocycles. The van der Waals surface area contributed by atoms with E-state index in [1.807, 2.05) is 37.3 Å². The normalized spacial score (nSPS) is 14.1. The molecule has 0 aromatic heterocycles. The van der Waals surface area contributed by atoms with Crippen molar-refractivity contribution in [2.75, 3.05) is 0 Å². The minimum absolute atomic E-state index is 0.00366. The lowest BCUT2D eigenvalue weighted by molar-refractivity contribution is 0.0934. The summed E-state index contributed by atoms with van der Waals surface area (Å²) in [4.78, 5) is 12.2. The van der Waals surface area contributed by atoms with Crippen LogP contribution >= 0.6 is 0 Å². The first kappa shape index (κ1) is 15.5. The van der Waals surface area contributed by atoms with Crippen molar-refractivity contribution < 1.29 is 4.79 Å². The Balaban J connectivity index is 2.81. The van der Waals surface area contributed by atoms with Gasteiger partial charge in [0.15, 0.2) is 0 Å². The van der Waals surface area contributed by atoms with Gasteiger partial charge >= 0.3 is 0 Å². The quantitative estimate of drug-likeness (QED) is 0.807. The van der Waals surface area contributed by atoms with Gasteiger partial charge in [-0.2, -0.15) is 0 Å². The number of nitrogens with one attached hydrogen (secondary N) is 1. The van der Waals surface area contributed by atoms with Crippen LogP contribution in [0, 0.1) is 5.41 Å². The maximum absolute atomic E-state index is 12.2. The number of hydrogen-bond acceptors (Lipinski definition) is 1. The first-order valence-corrected chi connectivity index (χ1v) is 6.82. The molecule has 0 spiro atoms. The second-order valence-electron chi connectivity index (χ2n) is 6.19. The molecule has 0 radical (unpaired) electrons. The number of allylic oxidation sites excluding steroid dienone is 1. The molecular formula is C17H25NO. The van der Waals surface area contributed by atoms with Crippen LogP contribution in [0.5, 0.6) is 0 Å². The van der Waals surface area contributed by atoms with Crippen LogP contribution in [0.15, 0.2) is 42.0 Å². The molecule has 19 heavy (non-hydrogen) atoms. The van der Waals surface area contributed by atoms with Crippen LogP contribution in [0.2, 0.25) is 0 Å². The summed E-state index contributed by atoms with van der Waals surface area (Å²) in [7, 11) is 0. The van der Waals surface area contributed by atoms with Crippen LogP contribution in [0.4, 0.5) is 0 Å². The van der Waals surface area contributed by atoms with Crippen LogP contribution in [0.3, 0.4) is 0 Å². The Morgan fingerprint density at radius 3 is 2.32 bits per heavy atom. The van der Waals surface area contributed by atoms with E-state index in [2.05, 4.69) is 39.1 Å². The molecule has 0 bridgehead atoms. The molecular weight excluding hydrogens is 234 g/mol. The Bertz CT molecular complexity index is 440. The summed E-state index contributed by atoms with van der Waals surface area (Å²) in [6.45, 7) is 10.7. The molecule has 0 aliphatic heterocycles. The van der Waals surface area contributed by atoms with E-state index < -0.39 is 0 Å². The molecule has 1 N–H and O–H groups in total. The van der Waals surface area contributed by atoms with Gasteiger partial charge in [-0.25, -0.2) is 0 Å². The molecule has 0 aliphatic rings. The number of benzene rings is 1. The smallest absolute Gasteiger partial charge is 0.251 e. The van der Waals surface area contributed by atoms with Crippen molar-refractivity contribution >= 4 is 5.91 Å². The standard InChI is InChI=1S/C17H25NO/c1-6-13(2)15(12-17(3,4)5)18-16(19)14-10-8-7-9-11-14/h6-11,15H,12H2,1-5H3,(H,18,19)/b13-6+/t15-/m1/s1. The molecule has 0 fully saturated rings. The molecule has 0 unspecified atom stereocenters. The topological polar surface area (TPSA) is 29.1 Å². The van der Waals surface area contributed by atoms with E-state index in [1.165, 1.54) is 5.57 Å². The van der Waals surface area contributed by atoms with Crippen molar-refractivity contribution in [1.29, 1.82) is 0 Å². The Morgan fingerprint density at radius 2 is 1.84 bits per heavy atom. The molecule has 0 heterocycles. The molecule has 1 aromatic rings. The Labute approximate surface area is 116 Å². The molecule has 0 aliphatic carbocycles. The van der Waals surface area contributed by atoms with Crippen LogP contribution in [0.1, 0.15) is 51.4 Å². The third-order valence-corrected chi connectivity index (χ3v) is 3.16. The van der Waals surface area contributed by atoms with E-state index in [9.17, 15) is 4.79 Å². The Kier molecular flexibility index (Phi) is 5.34. The monoisotopic (exact) mass is 259 g/mol. The number of carbonyl (C=O) groups is 1. The van der Waals surface area contributed by atoms with E-state index >= 15 is 0 Å². The highest BCUT2D eigenvalue weighted by Crippen LogP contribution is 2.24. The first-order chi connectivity index (χ1) is 8.83. The van der Waals surface area contributed by atoms with Gasteiger partial charge in [-0.1, -0.05) is 50.6 Å². The minimum Gasteiger partial charge on any atom is -0.346 e. The average Bonchev–Trinajstić information content (AvgIpc) is 2.36. The number of hydrogen-bond donors (Lipinski definition) is 1. The minimum atomic E-state index is -0.00366.